The van der Waals surface area contributed by atoms with E-state index in [1.165, 1.54) is 7.05 Å². The van der Waals surface area contributed by atoms with E-state index in [4.69, 9.17) is 5.73 Å². The molecule has 1 atom stereocenters. The number of sulfonamides is 1. The molecule has 2 rings (SSSR count). The molecule has 106 valence electrons. The molecule has 0 aromatic heterocycles. The summed E-state index contributed by atoms with van der Waals surface area (Å²) in [6.07, 6.45) is 3.24. The molecule has 5 nitrogen and oxygen atoms in total. The van der Waals surface area contributed by atoms with Gasteiger partial charge in [0, 0.05) is 19.1 Å². The number of hydrogen-bond acceptors (Lipinski definition) is 4. The predicted octanol–water partition coefficient (Wildman–Crippen LogP) is 0.912. The van der Waals surface area contributed by atoms with Crippen LogP contribution < -0.4 is 15.4 Å². The Morgan fingerprint density at radius 2 is 2.11 bits per heavy atom. The van der Waals surface area contributed by atoms with E-state index in [9.17, 15) is 8.42 Å². The molecule has 1 fully saturated rings. The summed E-state index contributed by atoms with van der Waals surface area (Å²) < 4.78 is 26.6. The zero-order valence-electron chi connectivity index (χ0n) is 11.2. The van der Waals surface area contributed by atoms with E-state index in [1.807, 2.05) is 12.1 Å². The monoisotopic (exact) mass is 283 g/mol. The minimum Gasteiger partial charge on any atom is -0.366 e. The maximum atomic E-state index is 12.1. The van der Waals surface area contributed by atoms with Crippen molar-refractivity contribution in [2.24, 2.45) is 5.73 Å². The first-order valence-corrected chi connectivity index (χ1v) is 8.07. The summed E-state index contributed by atoms with van der Waals surface area (Å²) in [7, 11) is -2.01. The minimum atomic E-state index is -3.44. The Kier molecular flexibility index (Phi) is 4.44. The van der Waals surface area contributed by atoms with Gasteiger partial charge in [-0.15, -0.1) is 0 Å². The predicted molar refractivity (Wildman–Crippen MR) is 76.7 cm³/mol. The molecule has 1 saturated heterocycles. The van der Waals surface area contributed by atoms with Gasteiger partial charge in [-0.05, 0) is 38.4 Å². The molecule has 0 bridgehead atoms. The number of hydrogen-bond donors (Lipinski definition) is 2. The van der Waals surface area contributed by atoms with E-state index in [1.54, 1.807) is 12.1 Å². The summed E-state index contributed by atoms with van der Waals surface area (Å²) in [6.45, 7) is 1.41. The fourth-order valence-corrected chi connectivity index (χ4v) is 3.53. The highest BCUT2D eigenvalue weighted by Crippen LogP contribution is 2.30. The van der Waals surface area contributed by atoms with Crippen molar-refractivity contribution in [1.29, 1.82) is 0 Å². The number of para-hydroxylation sites is 1. The molecular weight excluding hydrogens is 262 g/mol. The molecule has 19 heavy (non-hydrogen) atoms. The van der Waals surface area contributed by atoms with Gasteiger partial charge in [-0.25, -0.2) is 13.1 Å². The van der Waals surface area contributed by atoms with Gasteiger partial charge in [-0.1, -0.05) is 12.1 Å². The van der Waals surface area contributed by atoms with Crippen molar-refractivity contribution >= 4 is 15.7 Å². The lowest BCUT2D eigenvalue weighted by Crippen LogP contribution is -2.45. The molecule has 0 aliphatic carbocycles. The Labute approximate surface area is 114 Å². The largest absolute Gasteiger partial charge is 0.366 e. The Morgan fingerprint density at radius 1 is 1.37 bits per heavy atom. The molecule has 0 radical (unpaired) electrons. The van der Waals surface area contributed by atoms with E-state index < -0.39 is 10.0 Å². The fraction of sp³-hybridized carbons (Fsp3) is 0.538. The van der Waals surface area contributed by atoms with Crippen LogP contribution in [0.4, 0.5) is 5.69 Å². The third-order valence-corrected chi connectivity index (χ3v) is 5.09. The van der Waals surface area contributed by atoms with Crippen molar-refractivity contribution in [2.75, 3.05) is 25.0 Å². The number of anilines is 1. The van der Waals surface area contributed by atoms with E-state index in [2.05, 4.69) is 9.62 Å². The Hall–Kier alpha value is -1.11. The van der Waals surface area contributed by atoms with Crippen molar-refractivity contribution in [3.63, 3.8) is 0 Å². The molecule has 6 heteroatoms. The smallest absolute Gasteiger partial charge is 0.242 e. The van der Waals surface area contributed by atoms with E-state index >= 15 is 0 Å². The summed E-state index contributed by atoms with van der Waals surface area (Å²) >= 11 is 0. The Balaban J connectivity index is 2.44. The summed E-state index contributed by atoms with van der Waals surface area (Å²) in [5.41, 5.74) is 6.57. The van der Waals surface area contributed by atoms with Crippen LogP contribution in [0, 0.1) is 0 Å². The van der Waals surface area contributed by atoms with E-state index in [0.717, 1.165) is 31.5 Å². The normalized spacial score (nSPS) is 20.5. The lowest BCUT2D eigenvalue weighted by molar-refractivity contribution is 0.463. The molecular formula is C13H21N3O2S. The number of nitrogens with zero attached hydrogens (tertiary/aromatic N) is 1. The van der Waals surface area contributed by atoms with Crippen LogP contribution in [0.5, 0.6) is 0 Å². The molecule has 1 aliphatic heterocycles. The standard InChI is InChI=1S/C13H21N3O2S/c1-15-19(17,18)13-8-3-2-7-12(13)16-9-5-4-6-11(16)10-14/h2-3,7-8,11,15H,4-6,9-10,14H2,1H3. The van der Waals surface area contributed by atoms with Crippen molar-refractivity contribution in [3.05, 3.63) is 24.3 Å². The van der Waals surface area contributed by atoms with Gasteiger partial charge in [0.2, 0.25) is 10.0 Å². The summed E-state index contributed by atoms with van der Waals surface area (Å²) in [4.78, 5) is 2.46. The molecule has 3 N–H and O–H groups in total. The number of benzene rings is 1. The average molecular weight is 283 g/mol. The summed E-state index contributed by atoms with van der Waals surface area (Å²) in [5.74, 6) is 0. The molecule has 1 unspecified atom stereocenters. The Bertz CT molecular complexity index is 530. The Morgan fingerprint density at radius 3 is 2.79 bits per heavy atom. The molecule has 1 aromatic rings. The van der Waals surface area contributed by atoms with E-state index in [-0.39, 0.29) is 6.04 Å². The average Bonchev–Trinajstić information content (AvgIpc) is 2.47. The first-order valence-electron chi connectivity index (χ1n) is 6.59. The maximum Gasteiger partial charge on any atom is 0.242 e. The van der Waals surface area contributed by atoms with Gasteiger partial charge in [-0.2, -0.15) is 0 Å². The lowest BCUT2D eigenvalue weighted by atomic mass is 10.0. The van der Waals surface area contributed by atoms with Gasteiger partial charge in [0.25, 0.3) is 0 Å². The van der Waals surface area contributed by atoms with Crippen LogP contribution in [0.25, 0.3) is 0 Å². The van der Waals surface area contributed by atoms with Crippen LogP contribution in [0.2, 0.25) is 0 Å². The topological polar surface area (TPSA) is 75.4 Å². The minimum absolute atomic E-state index is 0.224. The molecule has 0 amide bonds. The zero-order chi connectivity index (χ0) is 13.9. The second kappa shape index (κ2) is 5.90. The van der Waals surface area contributed by atoms with Gasteiger partial charge in [0.1, 0.15) is 4.90 Å². The van der Waals surface area contributed by atoms with Crippen LogP contribution >= 0.6 is 0 Å². The number of nitrogens with two attached hydrogens (primary N) is 1. The molecule has 0 saturated carbocycles. The van der Waals surface area contributed by atoms with Crippen molar-refractivity contribution < 1.29 is 8.42 Å². The van der Waals surface area contributed by atoms with Gasteiger partial charge < -0.3 is 10.6 Å². The third-order valence-electron chi connectivity index (χ3n) is 3.63. The van der Waals surface area contributed by atoms with Crippen molar-refractivity contribution in [3.8, 4) is 0 Å². The summed E-state index contributed by atoms with van der Waals surface area (Å²) in [5, 5.41) is 0. The number of nitrogens with one attached hydrogen (secondary N) is 1. The highest BCUT2D eigenvalue weighted by Gasteiger charge is 2.26. The van der Waals surface area contributed by atoms with Crippen LogP contribution in [-0.4, -0.2) is 34.6 Å². The first-order chi connectivity index (χ1) is 9.10. The van der Waals surface area contributed by atoms with Crippen LogP contribution in [0.1, 0.15) is 19.3 Å². The molecule has 0 spiro atoms. The summed E-state index contributed by atoms with van der Waals surface area (Å²) in [6, 6.07) is 7.34. The van der Waals surface area contributed by atoms with Crippen LogP contribution in [0.3, 0.4) is 0 Å². The molecule has 1 aliphatic rings. The maximum absolute atomic E-state index is 12.1. The fourth-order valence-electron chi connectivity index (χ4n) is 2.59. The van der Waals surface area contributed by atoms with Gasteiger partial charge in [0.05, 0.1) is 5.69 Å². The van der Waals surface area contributed by atoms with Gasteiger partial charge >= 0.3 is 0 Å². The number of rotatable bonds is 4. The van der Waals surface area contributed by atoms with Crippen molar-refractivity contribution in [1.82, 2.24) is 4.72 Å². The highest BCUT2D eigenvalue weighted by atomic mass is 32.2. The van der Waals surface area contributed by atoms with Crippen molar-refractivity contribution in [2.45, 2.75) is 30.2 Å². The van der Waals surface area contributed by atoms with Crippen LogP contribution in [0.15, 0.2) is 29.2 Å². The number of piperidine rings is 1. The van der Waals surface area contributed by atoms with Gasteiger partial charge in [-0.3, -0.25) is 0 Å². The SMILES string of the molecule is CNS(=O)(=O)c1ccccc1N1CCCCC1CN. The first kappa shape index (κ1) is 14.3. The third kappa shape index (κ3) is 2.91. The highest BCUT2D eigenvalue weighted by molar-refractivity contribution is 7.89. The van der Waals surface area contributed by atoms with Gasteiger partial charge in [0.15, 0.2) is 0 Å². The zero-order valence-corrected chi connectivity index (χ0v) is 12.0. The van der Waals surface area contributed by atoms with Crippen LogP contribution in [-0.2, 0) is 10.0 Å². The second-order valence-corrected chi connectivity index (χ2v) is 6.61. The second-order valence-electron chi connectivity index (χ2n) is 4.75. The molecule has 1 aromatic carbocycles. The molecule has 1 heterocycles. The quantitative estimate of drug-likeness (QED) is 0.861. The van der Waals surface area contributed by atoms with E-state index in [0.29, 0.717) is 11.4 Å². The lowest BCUT2D eigenvalue weighted by Gasteiger charge is -2.37.